The van der Waals surface area contributed by atoms with Crippen LogP contribution < -0.4 is 16.6 Å². The monoisotopic (exact) mass is 378 g/mol. The Morgan fingerprint density at radius 3 is 2.89 bits per heavy atom. The molecule has 0 saturated carbocycles. The average molecular weight is 378 g/mol. The Hall–Kier alpha value is -3.35. The summed E-state index contributed by atoms with van der Waals surface area (Å²) in [5.74, 6) is -0.825. The number of aromatic amines is 2. The van der Waals surface area contributed by atoms with E-state index < -0.39 is 11.5 Å². The third-order valence-corrected chi connectivity index (χ3v) is 5.35. The summed E-state index contributed by atoms with van der Waals surface area (Å²) in [6, 6.07) is 9.30. The Labute approximate surface area is 161 Å². The summed E-state index contributed by atoms with van der Waals surface area (Å²) in [7, 11) is 0. The van der Waals surface area contributed by atoms with E-state index in [1.165, 1.54) is 6.07 Å². The van der Waals surface area contributed by atoms with Gasteiger partial charge in [-0.25, -0.2) is 0 Å². The van der Waals surface area contributed by atoms with Crippen LogP contribution in [0.3, 0.4) is 0 Å². The molecule has 0 saturated heterocycles. The van der Waals surface area contributed by atoms with Crippen molar-refractivity contribution in [2.75, 3.05) is 0 Å². The summed E-state index contributed by atoms with van der Waals surface area (Å²) in [6.45, 7) is 0. The van der Waals surface area contributed by atoms with Crippen molar-refractivity contribution in [3.63, 3.8) is 0 Å². The molecule has 0 bridgehead atoms. The molecular formula is C21H22N4O3. The van der Waals surface area contributed by atoms with Crippen LogP contribution in [0.15, 0.2) is 41.3 Å². The minimum absolute atomic E-state index is 0.0602. The fraction of sp³-hybridized carbons (Fsp3) is 0.286. The van der Waals surface area contributed by atoms with Gasteiger partial charge in [0, 0.05) is 29.2 Å². The van der Waals surface area contributed by atoms with Gasteiger partial charge in [-0.2, -0.15) is 0 Å². The number of nitrogens with one attached hydrogen (secondary N) is 3. The van der Waals surface area contributed by atoms with Gasteiger partial charge in [-0.3, -0.25) is 14.4 Å². The summed E-state index contributed by atoms with van der Waals surface area (Å²) in [5.41, 5.74) is 8.46. The molecule has 1 aromatic carbocycles. The molecular weight excluding hydrogens is 356 g/mol. The largest absolute Gasteiger partial charge is 0.365 e. The number of pyridine rings is 1. The zero-order valence-corrected chi connectivity index (χ0v) is 15.4. The number of carbonyl (C=O) groups is 2. The van der Waals surface area contributed by atoms with Crippen LogP contribution in [0.1, 0.15) is 52.5 Å². The van der Waals surface area contributed by atoms with Crippen LogP contribution in [0.4, 0.5) is 0 Å². The number of para-hydroxylation sites is 1. The van der Waals surface area contributed by atoms with Crippen LogP contribution in [-0.4, -0.2) is 21.8 Å². The van der Waals surface area contributed by atoms with Crippen LogP contribution in [0.2, 0.25) is 0 Å². The molecule has 0 aliphatic heterocycles. The molecule has 0 spiro atoms. The molecule has 4 rings (SSSR count). The molecule has 7 nitrogen and oxygen atoms in total. The predicted molar refractivity (Wildman–Crippen MR) is 106 cm³/mol. The quantitative estimate of drug-likeness (QED) is 0.544. The lowest BCUT2D eigenvalue weighted by Crippen LogP contribution is -2.34. The number of hydrogen-bond donors (Lipinski definition) is 4. The van der Waals surface area contributed by atoms with Crippen LogP contribution in [0.5, 0.6) is 0 Å². The number of hydrogen-bond acceptors (Lipinski definition) is 3. The highest BCUT2D eigenvalue weighted by molar-refractivity contribution is 5.92. The maximum atomic E-state index is 12.6. The number of fused-ring (bicyclic) bond motifs is 2. The maximum Gasteiger partial charge on any atom is 0.261 e. The molecule has 0 fully saturated rings. The van der Waals surface area contributed by atoms with E-state index in [4.69, 9.17) is 5.73 Å². The topological polar surface area (TPSA) is 121 Å². The van der Waals surface area contributed by atoms with E-state index in [1.54, 1.807) is 0 Å². The first-order chi connectivity index (χ1) is 13.5. The highest BCUT2D eigenvalue weighted by Gasteiger charge is 2.24. The van der Waals surface area contributed by atoms with Crippen molar-refractivity contribution in [2.45, 2.75) is 38.1 Å². The van der Waals surface area contributed by atoms with E-state index in [2.05, 4.69) is 15.3 Å². The van der Waals surface area contributed by atoms with Gasteiger partial charge in [0.1, 0.15) is 5.56 Å². The second-order valence-electron chi connectivity index (χ2n) is 7.18. The van der Waals surface area contributed by atoms with Crippen LogP contribution in [0.25, 0.3) is 10.9 Å². The van der Waals surface area contributed by atoms with Crippen molar-refractivity contribution in [3.05, 3.63) is 69.3 Å². The lowest BCUT2D eigenvalue weighted by atomic mass is 9.90. The van der Waals surface area contributed by atoms with Gasteiger partial charge in [0.05, 0.1) is 6.04 Å². The summed E-state index contributed by atoms with van der Waals surface area (Å²) in [6.07, 6.45) is 5.26. The molecule has 5 N–H and O–H groups in total. The molecule has 1 aliphatic carbocycles. The first kappa shape index (κ1) is 18.0. The summed E-state index contributed by atoms with van der Waals surface area (Å²) in [4.78, 5) is 42.0. The number of amides is 2. The normalized spacial score (nSPS) is 15.9. The maximum absolute atomic E-state index is 12.6. The fourth-order valence-corrected chi connectivity index (χ4v) is 3.93. The lowest BCUT2D eigenvalue weighted by Gasteiger charge is -2.26. The molecule has 28 heavy (non-hydrogen) atoms. The third-order valence-electron chi connectivity index (χ3n) is 5.35. The Morgan fingerprint density at radius 2 is 2.07 bits per heavy atom. The summed E-state index contributed by atoms with van der Waals surface area (Å²) in [5, 5.41) is 4.17. The number of aryl methyl sites for hydroxylation is 2. The van der Waals surface area contributed by atoms with Crippen molar-refractivity contribution in [2.24, 2.45) is 5.73 Å². The Morgan fingerprint density at radius 1 is 1.25 bits per heavy atom. The van der Waals surface area contributed by atoms with Gasteiger partial charge in [-0.1, -0.05) is 18.2 Å². The van der Waals surface area contributed by atoms with Crippen LogP contribution in [-0.2, 0) is 17.6 Å². The van der Waals surface area contributed by atoms with Crippen molar-refractivity contribution in [1.82, 2.24) is 15.3 Å². The van der Waals surface area contributed by atoms with Gasteiger partial charge in [-0.15, -0.1) is 0 Å². The van der Waals surface area contributed by atoms with E-state index >= 15 is 0 Å². The Kier molecular flexibility index (Phi) is 4.73. The zero-order chi connectivity index (χ0) is 19.7. The summed E-state index contributed by atoms with van der Waals surface area (Å²) < 4.78 is 0. The SMILES string of the molecule is NC(=O)c1cc2c([nH]c1=O)CCCC2NC(=O)CCc1c[nH]c2ccccc12. The molecule has 144 valence electrons. The number of aromatic nitrogens is 2. The van der Waals surface area contributed by atoms with E-state index in [-0.39, 0.29) is 17.5 Å². The minimum Gasteiger partial charge on any atom is -0.365 e. The number of primary amides is 1. The van der Waals surface area contributed by atoms with Crippen LogP contribution in [0, 0.1) is 0 Å². The zero-order valence-electron chi connectivity index (χ0n) is 15.4. The molecule has 1 aliphatic rings. The third kappa shape index (κ3) is 3.43. The minimum atomic E-state index is -0.765. The van der Waals surface area contributed by atoms with Gasteiger partial charge in [0.2, 0.25) is 5.91 Å². The average Bonchev–Trinajstić information content (AvgIpc) is 3.09. The second kappa shape index (κ2) is 7.34. The number of nitrogens with two attached hydrogens (primary N) is 1. The first-order valence-electron chi connectivity index (χ1n) is 9.43. The molecule has 2 aromatic heterocycles. The smallest absolute Gasteiger partial charge is 0.261 e. The summed E-state index contributed by atoms with van der Waals surface area (Å²) >= 11 is 0. The fourth-order valence-electron chi connectivity index (χ4n) is 3.93. The first-order valence-corrected chi connectivity index (χ1v) is 9.43. The highest BCUT2D eigenvalue weighted by atomic mass is 16.2. The van der Waals surface area contributed by atoms with E-state index in [0.29, 0.717) is 19.3 Å². The van der Waals surface area contributed by atoms with Gasteiger partial charge in [0.15, 0.2) is 0 Å². The van der Waals surface area contributed by atoms with Gasteiger partial charge < -0.3 is 21.0 Å². The highest BCUT2D eigenvalue weighted by Crippen LogP contribution is 2.28. The van der Waals surface area contributed by atoms with Crippen molar-refractivity contribution in [3.8, 4) is 0 Å². The molecule has 1 unspecified atom stereocenters. The molecule has 3 aromatic rings. The lowest BCUT2D eigenvalue weighted by molar-refractivity contribution is -0.121. The van der Waals surface area contributed by atoms with Gasteiger partial charge >= 0.3 is 0 Å². The Bertz CT molecular complexity index is 1110. The standard InChI is InChI=1S/C21H22N4O3/c22-20(27)15-10-14-17(6-3-7-18(14)25-21(15)28)24-19(26)9-8-12-11-23-16-5-2-1-4-13(12)16/h1-2,4-5,10-11,17,23H,3,6-9H2,(H2,22,27)(H,24,26)(H,25,28). The second-order valence-corrected chi connectivity index (χ2v) is 7.18. The molecule has 2 amide bonds. The van der Waals surface area contributed by atoms with E-state index in [0.717, 1.165) is 40.6 Å². The van der Waals surface area contributed by atoms with E-state index in [1.807, 2.05) is 30.5 Å². The van der Waals surface area contributed by atoms with Crippen molar-refractivity contribution >= 4 is 22.7 Å². The van der Waals surface area contributed by atoms with Gasteiger partial charge in [-0.05, 0) is 48.9 Å². The van der Waals surface area contributed by atoms with Crippen molar-refractivity contribution < 1.29 is 9.59 Å². The molecule has 0 radical (unpaired) electrons. The number of rotatable bonds is 5. The van der Waals surface area contributed by atoms with Gasteiger partial charge in [0.25, 0.3) is 11.5 Å². The van der Waals surface area contributed by atoms with Crippen molar-refractivity contribution in [1.29, 1.82) is 0 Å². The van der Waals surface area contributed by atoms with E-state index in [9.17, 15) is 14.4 Å². The Balaban J connectivity index is 1.48. The van der Waals surface area contributed by atoms with Crippen LogP contribution >= 0.6 is 0 Å². The number of benzene rings is 1. The number of carbonyl (C=O) groups excluding carboxylic acids is 2. The predicted octanol–water partition coefficient (Wildman–Crippen LogP) is 2.08. The molecule has 7 heteroatoms. The molecule has 2 heterocycles. The molecule has 1 atom stereocenters. The number of H-pyrrole nitrogens is 2.